The van der Waals surface area contributed by atoms with Crippen molar-refractivity contribution >= 4 is 11.7 Å². The van der Waals surface area contributed by atoms with Crippen molar-refractivity contribution in [1.82, 2.24) is 5.32 Å². The molecular formula is C11H12N2O. The lowest BCUT2D eigenvalue weighted by molar-refractivity contribution is 0.245. The van der Waals surface area contributed by atoms with Gasteiger partial charge in [0.2, 0.25) is 0 Å². The Bertz CT molecular complexity index is 385. The van der Waals surface area contributed by atoms with E-state index in [1.54, 1.807) is 0 Å². The highest BCUT2D eigenvalue weighted by atomic mass is 16.2. The van der Waals surface area contributed by atoms with Crippen LogP contribution in [0.2, 0.25) is 0 Å². The maximum absolute atomic E-state index is 11.3. The van der Waals surface area contributed by atoms with Crippen LogP contribution in [0, 0.1) is 5.92 Å². The third kappa shape index (κ3) is 1.16. The molecule has 1 atom stereocenters. The Morgan fingerprint density at radius 1 is 1.21 bits per heavy atom. The Morgan fingerprint density at radius 2 is 2.00 bits per heavy atom. The van der Waals surface area contributed by atoms with Crippen molar-refractivity contribution in [3.05, 3.63) is 29.8 Å². The number of carbonyl (C=O) groups is 1. The van der Waals surface area contributed by atoms with Gasteiger partial charge in [-0.15, -0.1) is 0 Å². The van der Waals surface area contributed by atoms with E-state index in [-0.39, 0.29) is 12.1 Å². The van der Waals surface area contributed by atoms with Gasteiger partial charge in [-0.3, -0.25) is 0 Å². The van der Waals surface area contributed by atoms with E-state index in [4.69, 9.17) is 0 Å². The number of para-hydroxylation sites is 1. The number of urea groups is 1. The summed E-state index contributed by atoms with van der Waals surface area (Å²) < 4.78 is 0. The van der Waals surface area contributed by atoms with Crippen LogP contribution in [0.15, 0.2) is 24.3 Å². The molecule has 1 saturated carbocycles. The number of benzene rings is 1. The van der Waals surface area contributed by atoms with Crippen molar-refractivity contribution < 1.29 is 4.79 Å². The van der Waals surface area contributed by atoms with Crippen LogP contribution < -0.4 is 10.6 Å². The van der Waals surface area contributed by atoms with Gasteiger partial charge in [-0.1, -0.05) is 18.2 Å². The predicted octanol–water partition coefficient (Wildman–Crippen LogP) is 2.27. The van der Waals surface area contributed by atoms with Gasteiger partial charge in [0.25, 0.3) is 0 Å². The molecule has 0 radical (unpaired) electrons. The quantitative estimate of drug-likeness (QED) is 0.697. The second kappa shape index (κ2) is 2.74. The molecule has 1 fully saturated rings. The van der Waals surface area contributed by atoms with Gasteiger partial charge in [-0.2, -0.15) is 0 Å². The third-order valence-electron chi connectivity index (χ3n) is 2.92. The molecule has 0 spiro atoms. The zero-order valence-corrected chi connectivity index (χ0v) is 7.79. The molecule has 3 heteroatoms. The second-order valence-electron chi connectivity index (χ2n) is 4.00. The van der Waals surface area contributed by atoms with Crippen molar-refractivity contribution in [2.45, 2.75) is 18.9 Å². The normalized spacial score (nSPS) is 24.9. The monoisotopic (exact) mass is 188 g/mol. The molecule has 2 aliphatic rings. The molecular weight excluding hydrogens is 176 g/mol. The average Bonchev–Trinajstić information content (AvgIpc) is 2.99. The minimum Gasteiger partial charge on any atom is -0.331 e. The Kier molecular flexibility index (Phi) is 1.54. The van der Waals surface area contributed by atoms with Crippen molar-refractivity contribution in [2.24, 2.45) is 5.92 Å². The van der Waals surface area contributed by atoms with Crippen LogP contribution in [-0.2, 0) is 0 Å². The zero-order chi connectivity index (χ0) is 9.54. The summed E-state index contributed by atoms with van der Waals surface area (Å²) >= 11 is 0. The third-order valence-corrected chi connectivity index (χ3v) is 2.92. The van der Waals surface area contributed by atoms with Crippen LogP contribution in [0.1, 0.15) is 24.4 Å². The Balaban J connectivity index is 2.04. The first-order chi connectivity index (χ1) is 6.84. The lowest BCUT2D eigenvalue weighted by atomic mass is 9.99. The van der Waals surface area contributed by atoms with Crippen LogP contribution in [-0.4, -0.2) is 6.03 Å². The number of hydrogen-bond donors (Lipinski definition) is 2. The largest absolute Gasteiger partial charge is 0.331 e. The predicted molar refractivity (Wildman–Crippen MR) is 54.1 cm³/mol. The highest BCUT2D eigenvalue weighted by Crippen LogP contribution is 2.44. The zero-order valence-electron chi connectivity index (χ0n) is 7.79. The molecule has 1 aromatic carbocycles. The highest BCUT2D eigenvalue weighted by Gasteiger charge is 2.36. The number of amides is 2. The van der Waals surface area contributed by atoms with E-state index < -0.39 is 0 Å². The van der Waals surface area contributed by atoms with Crippen LogP contribution in [0.25, 0.3) is 0 Å². The summed E-state index contributed by atoms with van der Waals surface area (Å²) in [4.78, 5) is 11.3. The molecule has 1 aliphatic heterocycles. The van der Waals surface area contributed by atoms with Gasteiger partial charge in [-0.05, 0) is 30.4 Å². The lowest BCUT2D eigenvalue weighted by Gasteiger charge is -2.27. The number of rotatable bonds is 1. The molecule has 1 aliphatic carbocycles. The van der Waals surface area contributed by atoms with E-state index in [0.717, 1.165) is 5.69 Å². The van der Waals surface area contributed by atoms with Crippen LogP contribution in [0.5, 0.6) is 0 Å². The highest BCUT2D eigenvalue weighted by molar-refractivity contribution is 5.93. The van der Waals surface area contributed by atoms with E-state index >= 15 is 0 Å². The minimum absolute atomic E-state index is 0.0689. The van der Waals surface area contributed by atoms with E-state index in [9.17, 15) is 4.79 Å². The molecule has 3 rings (SSSR count). The maximum Gasteiger partial charge on any atom is 0.319 e. The molecule has 1 aromatic rings. The van der Waals surface area contributed by atoms with Gasteiger partial charge in [0.05, 0.1) is 6.04 Å². The maximum atomic E-state index is 11.3. The number of hydrogen-bond acceptors (Lipinski definition) is 1. The molecule has 2 N–H and O–H groups in total. The molecule has 72 valence electrons. The van der Waals surface area contributed by atoms with Gasteiger partial charge in [0, 0.05) is 5.69 Å². The fourth-order valence-electron chi connectivity index (χ4n) is 2.06. The summed E-state index contributed by atoms with van der Waals surface area (Å²) in [5.41, 5.74) is 2.20. The van der Waals surface area contributed by atoms with Gasteiger partial charge in [0.15, 0.2) is 0 Å². The van der Waals surface area contributed by atoms with Gasteiger partial charge >= 0.3 is 6.03 Å². The van der Waals surface area contributed by atoms with E-state index in [0.29, 0.717) is 5.92 Å². The summed E-state index contributed by atoms with van der Waals surface area (Å²) in [6.45, 7) is 0. The van der Waals surface area contributed by atoms with Gasteiger partial charge < -0.3 is 10.6 Å². The van der Waals surface area contributed by atoms with Gasteiger partial charge in [0.1, 0.15) is 0 Å². The molecule has 0 aromatic heterocycles. The molecule has 14 heavy (non-hydrogen) atoms. The molecule has 0 saturated heterocycles. The molecule has 2 amide bonds. The Morgan fingerprint density at radius 3 is 2.79 bits per heavy atom. The average molecular weight is 188 g/mol. The van der Waals surface area contributed by atoms with Crippen LogP contribution >= 0.6 is 0 Å². The Hall–Kier alpha value is -1.51. The first-order valence-corrected chi connectivity index (χ1v) is 5.01. The number of anilines is 1. The summed E-state index contributed by atoms with van der Waals surface area (Å²) in [5, 5.41) is 5.81. The fourth-order valence-corrected chi connectivity index (χ4v) is 2.06. The van der Waals surface area contributed by atoms with E-state index in [1.807, 2.05) is 18.2 Å². The summed E-state index contributed by atoms with van der Waals surface area (Å²) in [5.74, 6) is 0.655. The topological polar surface area (TPSA) is 41.1 Å². The second-order valence-corrected chi connectivity index (χ2v) is 4.00. The summed E-state index contributed by atoms with van der Waals surface area (Å²) in [6, 6.07) is 8.19. The first-order valence-electron chi connectivity index (χ1n) is 5.01. The smallest absolute Gasteiger partial charge is 0.319 e. The van der Waals surface area contributed by atoms with E-state index in [2.05, 4.69) is 16.7 Å². The SMILES string of the molecule is O=C1Nc2ccccc2C(C2CC2)N1. The molecule has 3 nitrogen and oxygen atoms in total. The lowest BCUT2D eigenvalue weighted by Crippen LogP contribution is -2.38. The standard InChI is InChI=1S/C11H12N2O/c14-11-12-9-4-2-1-3-8(9)10(13-11)7-5-6-7/h1-4,7,10H,5-6H2,(H2,12,13,14). The number of nitrogens with one attached hydrogen (secondary N) is 2. The number of carbonyl (C=O) groups excluding carboxylic acids is 1. The van der Waals surface area contributed by atoms with Crippen LogP contribution in [0.3, 0.4) is 0 Å². The molecule has 1 unspecified atom stereocenters. The van der Waals surface area contributed by atoms with Crippen molar-refractivity contribution in [3.63, 3.8) is 0 Å². The van der Waals surface area contributed by atoms with Crippen molar-refractivity contribution in [1.29, 1.82) is 0 Å². The minimum atomic E-state index is -0.0689. The molecule has 1 heterocycles. The fraction of sp³-hybridized carbons (Fsp3) is 0.364. The van der Waals surface area contributed by atoms with E-state index in [1.165, 1.54) is 18.4 Å². The summed E-state index contributed by atoms with van der Waals surface area (Å²) in [7, 11) is 0. The van der Waals surface area contributed by atoms with Crippen molar-refractivity contribution in [3.8, 4) is 0 Å². The number of fused-ring (bicyclic) bond motifs is 1. The Labute approximate surface area is 82.5 Å². The van der Waals surface area contributed by atoms with Crippen molar-refractivity contribution in [2.75, 3.05) is 5.32 Å². The summed E-state index contributed by atoms with van der Waals surface area (Å²) in [6.07, 6.45) is 2.47. The van der Waals surface area contributed by atoms with Gasteiger partial charge in [-0.25, -0.2) is 4.79 Å². The molecule has 0 bridgehead atoms. The van der Waals surface area contributed by atoms with Crippen LogP contribution in [0.4, 0.5) is 10.5 Å². The first kappa shape index (κ1) is 7.85.